The molecule has 0 fully saturated rings. The largest absolute Gasteiger partial charge is 0.483 e. The molecule has 0 saturated carbocycles. The first-order valence-corrected chi connectivity index (χ1v) is 9.55. The first kappa shape index (κ1) is 22.3. The third kappa shape index (κ3) is 5.27. The summed E-state index contributed by atoms with van der Waals surface area (Å²) in [5.41, 5.74) is -1.92. The molecule has 8 heteroatoms. The van der Waals surface area contributed by atoms with Crippen LogP contribution in [0.2, 0.25) is 0 Å². The summed E-state index contributed by atoms with van der Waals surface area (Å²) < 4.78 is 31.1. The summed E-state index contributed by atoms with van der Waals surface area (Å²) in [6.07, 6.45) is 0.361. The minimum atomic E-state index is -1.26. The van der Waals surface area contributed by atoms with Crippen molar-refractivity contribution in [1.82, 2.24) is 4.98 Å². The fourth-order valence-electron chi connectivity index (χ4n) is 2.38. The van der Waals surface area contributed by atoms with Crippen molar-refractivity contribution in [1.29, 1.82) is 0 Å². The standard InChI is InChI=1S/C20H26FNO5S/c1-11-10-22-16(28-11)13-8-12(9-14(15(13)21)17(23)25-7)26-20(5,6)18(24)27-19(2,3)4/h8-10,18,24H,1-7H3. The van der Waals surface area contributed by atoms with Crippen LogP contribution in [0.3, 0.4) is 0 Å². The van der Waals surface area contributed by atoms with Crippen LogP contribution in [0.1, 0.15) is 49.9 Å². The molecule has 0 aliphatic rings. The monoisotopic (exact) mass is 411 g/mol. The number of carbonyl (C=O) groups excluding carboxylic acids is 1. The number of ether oxygens (including phenoxy) is 3. The Bertz CT molecular complexity index is 857. The Kier molecular flexibility index (Phi) is 6.48. The number of rotatable bonds is 6. The predicted molar refractivity (Wildman–Crippen MR) is 105 cm³/mol. The molecule has 0 saturated heterocycles. The van der Waals surface area contributed by atoms with Crippen LogP contribution in [0, 0.1) is 12.7 Å². The van der Waals surface area contributed by atoms with Crippen molar-refractivity contribution in [3.63, 3.8) is 0 Å². The maximum absolute atomic E-state index is 14.9. The van der Waals surface area contributed by atoms with Crippen LogP contribution in [0.25, 0.3) is 10.6 Å². The van der Waals surface area contributed by atoms with E-state index in [-0.39, 0.29) is 16.9 Å². The van der Waals surface area contributed by atoms with E-state index in [0.717, 1.165) is 4.88 Å². The topological polar surface area (TPSA) is 77.9 Å². The number of halogens is 1. The molecule has 2 aromatic rings. The number of benzene rings is 1. The molecular formula is C20H26FNO5S. The Morgan fingerprint density at radius 3 is 2.39 bits per heavy atom. The Morgan fingerprint density at radius 2 is 1.89 bits per heavy atom. The number of thiazole rings is 1. The van der Waals surface area contributed by atoms with E-state index in [2.05, 4.69) is 9.72 Å². The van der Waals surface area contributed by atoms with E-state index >= 15 is 0 Å². The fourth-order valence-corrected chi connectivity index (χ4v) is 3.16. The van der Waals surface area contributed by atoms with Gasteiger partial charge in [-0.1, -0.05) is 0 Å². The smallest absolute Gasteiger partial charge is 0.341 e. The molecule has 1 heterocycles. The molecule has 0 amide bonds. The Labute approximate surface area is 168 Å². The SMILES string of the molecule is COC(=O)c1cc(OC(C)(C)C(O)OC(C)(C)C)cc(-c2ncc(C)s2)c1F. The zero-order valence-electron chi connectivity index (χ0n) is 17.1. The summed E-state index contributed by atoms with van der Waals surface area (Å²) >= 11 is 1.29. The molecular weight excluding hydrogens is 385 g/mol. The van der Waals surface area contributed by atoms with Crippen molar-refractivity contribution in [3.05, 3.63) is 34.6 Å². The average molecular weight is 411 g/mol. The molecule has 6 nitrogen and oxygen atoms in total. The van der Waals surface area contributed by atoms with E-state index in [1.807, 2.05) is 27.7 Å². The number of aliphatic hydroxyl groups is 1. The van der Waals surface area contributed by atoms with Gasteiger partial charge in [-0.25, -0.2) is 14.2 Å². The van der Waals surface area contributed by atoms with Gasteiger partial charge in [0.15, 0.2) is 11.9 Å². The molecule has 2 rings (SSSR count). The van der Waals surface area contributed by atoms with Crippen LogP contribution in [-0.4, -0.2) is 40.7 Å². The lowest BCUT2D eigenvalue weighted by molar-refractivity contribution is -0.231. The van der Waals surface area contributed by atoms with E-state index < -0.39 is 29.3 Å². The van der Waals surface area contributed by atoms with Crippen LogP contribution in [0.4, 0.5) is 4.39 Å². The van der Waals surface area contributed by atoms with Gasteiger partial charge in [0.1, 0.15) is 16.6 Å². The minimum Gasteiger partial charge on any atom is -0.483 e. The molecule has 1 atom stereocenters. The number of aryl methyl sites for hydroxylation is 1. The maximum atomic E-state index is 14.9. The van der Waals surface area contributed by atoms with Crippen LogP contribution >= 0.6 is 11.3 Å². The summed E-state index contributed by atoms with van der Waals surface area (Å²) in [6.45, 7) is 10.5. The lowest BCUT2D eigenvalue weighted by atomic mass is 10.1. The van der Waals surface area contributed by atoms with Gasteiger partial charge in [-0.3, -0.25) is 0 Å². The lowest BCUT2D eigenvalue weighted by Gasteiger charge is -2.35. The number of aliphatic hydroxyl groups excluding tert-OH is 1. The predicted octanol–water partition coefficient (Wildman–Crippen LogP) is 4.34. The van der Waals surface area contributed by atoms with E-state index in [1.165, 1.54) is 30.6 Å². The number of aromatic nitrogens is 1. The molecule has 1 unspecified atom stereocenters. The fraction of sp³-hybridized carbons (Fsp3) is 0.500. The minimum absolute atomic E-state index is 0.123. The Hall–Kier alpha value is -2.03. The highest BCUT2D eigenvalue weighted by atomic mass is 32.1. The molecule has 0 spiro atoms. The van der Waals surface area contributed by atoms with Gasteiger partial charge in [-0.05, 0) is 53.7 Å². The highest BCUT2D eigenvalue weighted by Gasteiger charge is 2.35. The summed E-state index contributed by atoms with van der Waals surface area (Å²) in [4.78, 5) is 17.1. The second kappa shape index (κ2) is 8.14. The van der Waals surface area contributed by atoms with Crippen LogP contribution in [-0.2, 0) is 9.47 Å². The molecule has 1 N–H and O–H groups in total. The van der Waals surface area contributed by atoms with Gasteiger partial charge in [0.2, 0.25) is 0 Å². The zero-order valence-corrected chi connectivity index (χ0v) is 17.9. The summed E-state index contributed by atoms with van der Waals surface area (Å²) in [7, 11) is 1.17. The highest BCUT2D eigenvalue weighted by molar-refractivity contribution is 7.14. The van der Waals surface area contributed by atoms with E-state index in [4.69, 9.17) is 9.47 Å². The van der Waals surface area contributed by atoms with Gasteiger partial charge in [0.25, 0.3) is 0 Å². The second-order valence-corrected chi connectivity index (χ2v) is 9.12. The van der Waals surface area contributed by atoms with Crippen molar-refractivity contribution in [2.24, 2.45) is 0 Å². The Morgan fingerprint density at radius 1 is 1.25 bits per heavy atom. The quantitative estimate of drug-likeness (QED) is 0.563. The van der Waals surface area contributed by atoms with Crippen molar-refractivity contribution in [2.75, 3.05) is 7.11 Å². The van der Waals surface area contributed by atoms with Crippen molar-refractivity contribution in [2.45, 2.75) is 59.0 Å². The van der Waals surface area contributed by atoms with Gasteiger partial charge >= 0.3 is 5.97 Å². The molecule has 0 aliphatic carbocycles. The third-order valence-electron chi connectivity index (χ3n) is 3.74. The number of carbonyl (C=O) groups is 1. The van der Waals surface area contributed by atoms with Crippen molar-refractivity contribution >= 4 is 17.3 Å². The summed E-state index contributed by atoms with van der Waals surface area (Å²) in [5, 5.41) is 10.8. The first-order valence-electron chi connectivity index (χ1n) is 8.73. The molecule has 0 aliphatic heterocycles. The van der Waals surface area contributed by atoms with E-state index in [1.54, 1.807) is 20.0 Å². The van der Waals surface area contributed by atoms with Gasteiger partial charge in [-0.2, -0.15) is 0 Å². The van der Waals surface area contributed by atoms with Crippen LogP contribution in [0.5, 0.6) is 5.75 Å². The maximum Gasteiger partial charge on any atom is 0.341 e. The molecule has 28 heavy (non-hydrogen) atoms. The summed E-state index contributed by atoms with van der Waals surface area (Å²) in [6, 6.07) is 2.70. The summed E-state index contributed by atoms with van der Waals surface area (Å²) in [5.74, 6) is -1.38. The van der Waals surface area contributed by atoms with Crippen molar-refractivity contribution < 1.29 is 28.5 Å². The van der Waals surface area contributed by atoms with Crippen LogP contribution < -0.4 is 4.74 Å². The number of hydrogen-bond acceptors (Lipinski definition) is 7. The number of nitrogens with zero attached hydrogens (tertiary/aromatic N) is 1. The Balaban J connectivity index is 2.47. The number of hydrogen-bond donors (Lipinski definition) is 1. The zero-order chi connectivity index (χ0) is 21.3. The number of esters is 1. The molecule has 1 aromatic heterocycles. The molecule has 154 valence electrons. The van der Waals surface area contributed by atoms with E-state index in [0.29, 0.717) is 5.01 Å². The third-order valence-corrected chi connectivity index (χ3v) is 4.69. The molecule has 1 aromatic carbocycles. The van der Waals surface area contributed by atoms with Gasteiger partial charge in [0, 0.05) is 11.1 Å². The van der Waals surface area contributed by atoms with Crippen LogP contribution in [0.15, 0.2) is 18.3 Å². The average Bonchev–Trinajstić information content (AvgIpc) is 3.00. The molecule has 0 bridgehead atoms. The van der Waals surface area contributed by atoms with E-state index in [9.17, 15) is 14.3 Å². The van der Waals surface area contributed by atoms with Gasteiger partial charge < -0.3 is 19.3 Å². The lowest BCUT2D eigenvalue weighted by Crippen LogP contribution is -2.47. The van der Waals surface area contributed by atoms with Crippen molar-refractivity contribution in [3.8, 4) is 16.3 Å². The van der Waals surface area contributed by atoms with Gasteiger partial charge in [0.05, 0.1) is 23.8 Å². The normalized spacial score (nSPS) is 13.3. The van der Waals surface area contributed by atoms with Gasteiger partial charge in [-0.15, -0.1) is 11.3 Å². The first-order chi connectivity index (χ1) is 12.8. The molecule has 0 radical (unpaired) electrons. The highest BCUT2D eigenvalue weighted by Crippen LogP contribution is 2.35. The second-order valence-electron chi connectivity index (χ2n) is 7.89. The number of methoxy groups -OCH3 is 1.